The second-order valence-electron chi connectivity index (χ2n) is 4.12. The summed E-state index contributed by atoms with van der Waals surface area (Å²) in [5.41, 5.74) is 6.63. The number of aromatic nitrogens is 1. The third-order valence-electron chi connectivity index (χ3n) is 2.95. The highest BCUT2D eigenvalue weighted by atomic mass is 19.1. The molecule has 5 heteroatoms. The van der Waals surface area contributed by atoms with Crippen LogP contribution in [0.1, 0.15) is 5.56 Å². The molecule has 0 aliphatic carbocycles. The highest BCUT2D eigenvalue weighted by Gasteiger charge is 2.14. The van der Waals surface area contributed by atoms with Gasteiger partial charge in [-0.05, 0) is 17.7 Å². The molecule has 4 nitrogen and oxygen atoms in total. The van der Waals surface area contributed by atoms with Crippen LogP contribution in [0.3, 0.4) is 0 Å². The van der Waals surface area contributed by atoms with E-state index in [0.717, 1.165) is 5.57 Å². The second kappa shape index (κ2) is 3.80. The Morgan fingerprint density at radius 3 is 2.94 bits per heavy atom. The van der Waals surface area contributed by atoms with Crippen molar-refractivity contribution in [3.05, 3.63) is 45.9 Å². The second-order valence-corrected chi connectivity index (χ2v) is 4.12. The van der Waals surface area contributed by atoms with Crippen molar-refractivity contribution in [3.8, 4) is 0 Å². The van der Waals surface area contributed by atoms with Crippen LogP contribution in [-0.2, 0) is 0 Å². The number of benzene rings is 1. The molecule has 3 rings (SSSR count). The molecule has 1 aromatic carbocycles. The van der Waals surface area contributed by atoms with E-state index in [2.05, 4.69) is 9.98 Å². The van der Waals surface area contributed by atoms with Crippen molar-refractivity contribution in [2.45, 2.75) is 0 Å². The molecule has 0 atom stereocenters. The number of anilines is 1. The molecule has 0 unspecified atom stereocenters. The Morgan fingerprint density at radius 1 is 1.39 bits per heavy atom. The van der Waals surface area contributed by atoms with E-state index < -0.39 is 5.82 Å². The predicted octanol–water partition coefficient (Wildman–Crippen LogP) is 1.72. The Balaban J connectivity index is 2.32. The van der Waals surface area contributed by atoms with Crippen LogP contribution < -0.4 is 11.2 Å². The number of allylic oxidation sites excluding steroid dienone is 1. The maximum Gasteiger partial charge on any atom is 0.191 e. The molecular weight excluding hydrogens is 233 g/mol. The van der Waals surface area contributed by atoms with Crippen molar-refractivity contribution in [1.82, 2.24) is 4.98 Å². The molecule has 0 saturated heterocycles. The Kier molecular flexibility index (Phi) is 2.26. The number of aromatic amines is 1. The average Bonchev–Trinajstić information content (AvgIpc) is 2.84. The summed E-state index contributed by atoms with van der Waals surface area (Å²) in [4.78, 5) is 18.4. The molecule has 0 radical (unpaired) electrons. The molecule has 3 N–H and O–H groups in total. The number of fused-ring (bicyclic) bond motifs is 1. The molecule has 1 aliphatic rings. The summed E-state index contributed by atoms with van der Waals surface area (Å²) >= 11 is 0. The molecule has 2 heterocycles. The molecule has 1 aromatic heterocycles. The maximum atomic E-state index is 14.4. The van der Waals surface area contributed by atoms with Gasteiger partial charge in [0, 0.05) is 23.2 Å². The lowest BCUT2D eigenvalue weighted by atomic mass is 10.0. The fourth-order valence-corrected chi connectivity index (χ4v) is 2.07. The maximum absolute atomic E-state index is 14.4. The number of aliphatic imine (C=N–C) groups is 1. The molecule has 0 bridgehead atoms. The van der Waals surface area contributed by atoms with E-state index in [4.69, 9.17) is 5.73 Å². The smallest absolute Gasteiger partial charge is 0.191 e. The van der Waals surface area contributed by atoms with Crippen LogP contribution in [0.5, 0.6) is 0 Å². The number of hydrogen-bond donors (Lipinski definition) is 2. The molecule has 1 aliphatic heterocycles. The molecule has 0 spiro atoms. The van der Waals surface area contributed by atoms with Gasteiger partial charge in [-0.25, -0.2) is 4.39 Å². The average molecular weight is 243 g/mol. The minimum atomic E-state index is -0.464. The number of pyridine rings is 1. The number of halogens is 1. The summed E-state index contributed by atoms with van der Waals surface area (Å²) in [7, 11) is 0. The number of nitrogens with one attached hydrogen (secondary N) is 1. The van der Waals surface area contributed by atoms with Gasteiger partial charge in [-0.2, -0.15) is 0 Å². The lowest BCUT2D eigenvalue weighted by Gasteiger charge is -2.07. The topological polar surface area (TPSA) is 71.2 Å². The predicted molar refractivity (Wildman–Crippen MR) is 70.3 cm³/mol. The van der Waals surface area contributed by atoms with Gasteiger partial charge < -0.3 is 10.7 Å². The molecule has 0 amide bonds. The third-order valence-corrected chi connectivity index (χ3v) is 2.95. The lowest BCUT2D eigenvalue weighted by Crippen LogP contribution is -2.07. The van der Waals surface area contributed by atoms with Gasteiger partial charge in [0.15, 0.2) is 11.2 Å². The van der Waals surface area contributed by atoms with Crippen molar-refractivity contribution < 1.29 is 4.39 Å². The zero-order valence-corrected chi connectivity index (χ0v) is 9.40. The molecule has 2 aromatic rings. The van der Waals surface area contributed by atoms with Gasteiger partial charge in [0.2, 0.25) is 0 Å². The van der Waals surface area contributed by atoms with Crippen LogP contribution in [-0.4, -0.2) is 17.7 Å². The molecule has 0 fully saturated rings. The first-order valence-electron chi connectivity index (χ1n) is 5.47. The SMILES string of the molecule is Nc1cc(=O)c2ccc(C3=CC=NC3)c(F)c2[nH]1. The summed E-state index contributed by atoms with van der Waals surface area (Å²) in [5, 5.41) is 0.296. The van der Waals surface area contributed by atoms with Crippen molar-refractivity contribution in [3.63, 3.8) is 0 Å². The minimum absolute atomic E-state index is 0.144. The zero-order chi connectivity index (χ0) is 12.7. The van der Waals surface area contributed by atoms with Gasteiger partial charge in [-0.1, -0.05) is 6.07 Å². The third kappa shape index (κ3) is 1.52. The summed E-state index contributed by atoms with van der Waals surface area (Å²) in [6.07, 6.45) is 3.40. The van der Waals surface area contributed by atoms with Gasteiger partial charge >= 0.3 is 0 Å². The van der Waals surface area contributed by atoms with Gasteiger partial charge in [0.25, 0.3) is 0 Å². The number of hydrogen-bond acceptors (Lipinski definition) is 3. The Hall–Kier alpha value is -2.43. The van der Waals surface area contributed by atoms with Crippen LogP contribution >= 0.6 is 0 Å². The first-order chi connectivity index (χ1) is 8.66. The summed E-state index contributed by atoms with van der Waals surface area (Å²) in [5.74, 6) is -0.311. The van der Waals surface area contributed by atoms with E-state index in [0.29, 0.717) is 17.5 Å². The number of nitrogens with two attached hydrogens (primary N) is 1. The van der Waals surface area contributed by atoms with E-state index in [1.165, 1.54) is 6.07 Å². The fourth-order valence-electron chi connectivity index (χ4n) is 2.07. The normalized spacial score (nSPS) is 14.2. The van der Waals surface area contributed by atoms with Crippen LogP contribution in [0.4, 0.5) is 10.2 Å². The standard InChI is InChI=1S/C13H10FN3O/c14-12-8(7-3-4-16-6-7)1-2-9-10(18)5-11(15)17-13(9)12/h1-5H,6H2,(H3,15,17,18). The fraction of sp³-hybridized carbons (Fsp3) is 0.0769. The lowest BCUT2D eigenvalue weighted by molar-refractivity contribution is 0.633. The minimum Gasteiger partial charge on any atom is -0.385 e. The zero-order valence-electron chi connectivity index (χ0n) is 9.40. The summed E-state index contributed by atoms with van der Waals surface area (Å²) in [6, 6.07) is 4.45. The van der Waals surface area contributed by atoms with Crippen LogP contribution in [0.25, 0.3) is 16.5 Å². The van der Waals surface area contributed by atoms with Crippen molar-refractivity contribution >= 4 is 28.5 Å². The highest BCUT2D eigenvalue weighted by Crippen LogP contribution is 2.25. The van der Waals surface area contributed by atoms with Crippen LogP contribution in [0, 0.1) is 5.82 Å². The van der Waals surface area contributed by atoms with E-state index in [1.54, 1.807) is 24.4 Å². The van der Waals surface area contributed by atoms with Crippen molar-refractivity contribution in [2.75, 3.05) is 12.3 Å². The first-order valence-corrected chi connectivity index (χ1v) is 5.47. The van der Waals surface area contributed by atoms with E-state index in [9.17, 15) is 9.18 Å². The number of H-pyrrole nitrogens is 1. The Labute approximate surface area is 102 Å². The van der Waals surface area contributed by atoms with Crippen LogP contribution in [0.15, 0.2) is 34.1 Å². The highest BCUT2D eigenvalue weighted by molar-refractivity contribution is 5.92. The van der Waals surface area contributed by atoms with E-state index in [1.807, 2.05) is 0 Å². The Morgan fingerprint density at radius 2 is 2.22 bits per heavy atom. The summed E-state index contributed by atoms with van der Waals surface area (Å²) in [6.45, 7) is 0.453. The van der Waals surface area contributed by atoms with Crippen molar-refractivity contribution in [2.24, 2.45) is 4.99 Å². The van der Waals surface area contributed by atoms with Gasteiger partial charge in [0.1, 0.15) is 5.82 Å². The van der Waals surface area contributed by atoms with Gasteiger partial charge in [0.05, 0.1) is 12.1 Å². The number of rotatable bonds is 1. The quantitative estimate of drug-likeness (QED) is 0.800. The number of nitrogen functional groups attached to an aromatic ring is 1. The summed E-state index contributed by atoms with van der Waals surface area (Å²) < 4.78 is 14.4. The first kappa shape index (κ1) is 10.7. The largest absolute Gasteiger partial charge is 0.385 e. The van der Waals surface area contributed by atoms with E-state index >= 15 is 0 Å². The van der Waals surface area contributed by atoms with Crippen LogP contribution in [0.2, 0.25) is 0 Å². The molecular formula is C13H10FN3O. The molecule has 90 valence electrons. The molecule has 18 heavy (non-hydrogen) atoms. The number of nitrogens with zero attached hydrogens (tertiary/aromatic N) is 1. The van der Waals surface area contributed by atoms with Gasteiger partial charge in [-0.15, -0.1) is 0 Å². The van der Waals surface area contributed by atoms with Gasteiger partial charge in [-0.3, -0.25) is 9.79 Å². The molecule has 0 saturated carbocycles. The monoisotopic (exact) mass is 243 g/mol. The van der Waals surface area contributed by atoms with Crippen molar-refractivity contribution in [1.29, 1.82) is 0 Å². The van der Waals surface area contributed by atoms with E-state index in [-0.39, 0.29) is 16.8 Å². The Bertz CT molecular complexity index is 759.